The fourth-order valence-corrected chi connectivity index (χ4v) is 13.2. The van der Waals surface area contributed by atoms with Crippen LogP contribution in [0.5, 0.6) is 0 Å². The highest BCUT2D eigenvalue weighted by atomic mass is 16.7. The minimum Gasteiger partial charge on any atom is -0.457 e. The van der Waals surface area contributed by atoms with Gasteiger partial charge >= 0.3 is 5.97 Å². The van der Waals surface area contributed by atoms with Gasteiger partial charge in [0, 0.05) is 20.0 Å². The van der Waals surface area contributed by atoms with E-state index < -0.39 is 41.5 Å². The largest absolute Gasteiger partial charge is 0.457 e. The van der Waals surface area contributed by atoms with Crippen molar-refractivity contribution in [1.29, 1.82) is 0 Å². The molecule has 0 aromatic rings. The van der Waals surface area contributed by atoms with E-state index in [4.69, 9.17) is 24.7 Å². The molecule has 2 aliphatic heterocycles. The Labute approximate surface area is 270 Å². The summed E-state index contributed by atoms with van der Waals surface area (Å²) in [6, 6.07) is 0. The van der Waals surface area contributed by atoms with Gasteiger partial charge in [0.2, 0.25) is 0 Å². The number of likely N-dealkylation sites (N-methyl/N-ethyl adjacent to an activating group) is 1. The highest BCUT2D eigenvalue weighted by Crippen LogP contribution is 2.87. The second-order valence-corrected chi connectivity index (χ2v) is 18.1. The Balaban J connectivity index is 1.15. The second-order valence-electron chi connectivity index (χ2n) is 18.1. The number of carbonyl (C=O) groups is 1. The van der Waals surface area contributed by atoms with Crippen LogP contribution in [0.2, 0.25) is 0 Å². The lowest BCUT2D eigenvalue weighted by molar-refractivity contribution is -0.244. The molecular formula is C36H60N2O7. The molecule has 0 aromatic heterocycles. The zero-order valence-electron chi connectivity index (χ0n) is 29.0. The standard InChI is InChI=1S/C36H60N2O7/c1-20-17-22(30(32(5,6)41)43-21(2)39)44-28-27(20)33(7)13-14-35-19-34(35)12-11-25(45-26-18-38(8)15-16-42-26)31(3,4)23(34)9-10-24(35)36(33,37)29(28)40/h20,22-30,40-41H,9-19,37H2,1-8H3/t20-,22?,23+,24?,25+,26+,27+,28?,29+,30+,33-,34-,35+,36+/m1/s1. The number of esters is 1. The molecule has 256 valence electrons. The molecule has 14 atom stereocenters. The number of hydrogen-bond donors (Lipinski definition) is 3. The maximum absolute atomic E-state index is 12.4. The molecule has 4 N–H and O–H groups in total. The first-order valence-corrected chi connectivity index (χ1v) is 17.9. The summed E-state index contributed by atoms with van der Waals surface area (Å²) in [5.41, 5.74) is 5.89. The van der Waals surface area contributed by atoms with E-state index in [1.165, 1.54) is 13.3 Å². The van der Waals surface area contributed by atoms with Gasteiger partial charge in [0.25, 0.3) is 0 Å². The molecule has 9 heteroatoms. The van der Waals surface area contributed by atoms with E-state index in [1.807, 2.05) is 0 Å². The van der Waals surface area contributed by atoms with Gasteiger partial charge in [-0.15, -0.1) is 0 Å². The minimum atomic E-state index is -1.28. The maximum atomic E-state index is 12.4. The Morgan fingerprint density at radius 1 is 1.09 bits per heavy atom. The fraction of sp³-hybridized carbons (Fsp3) is 0.972. The molecule has 0 radical (unpaired) electrons. The van der Waals surface area contributed by atoms with Gasteiger partial charge < -0.3 is 34.9 Å². The van der Waals surface area contributed by atoms with Gasteiger partial charge in [-0.25, -0.2) is 0 Å². The van der Waals surface area contributed by atoms with Crippen LogP contribution >= 0.6 is 0 Å². The Kier molecular flexibility index (Phi) is 7.53. The van der Waals surface area contributed by atoms with Crippen molar-refractivity contribution in [3.63, 3.8) is 0 Å². The number of morpholine rings is 1. The van der Waals surface area contributed by atoms with Gasteiger partial charge in [-0.1, -0.05) is 27.7 Å². The average molecular weight is 633 g/mol. The summed E-state index contributed by atoms with van der Waals surface area (Å²) in [6.07, 6.45) is 5.76. The molecule has 0 amide bonds. The minimum absolute atomic E-state index is 0.0323. The molecule has 7 aliphatic rings. The molecule has 5 aliphatic carbocycles. The summed E-state index contributed by atoms with van der Waals surface area (Å²) >= 11 is 0. The molecule has 3 unspecified atom stereocenters. The fourth-order valence-electron chi connectivity index (χ4n) is 13.2. The van der Waals surface area contributed by atoms with E-state index in [0.29, 0.717) is 12.3 Å². The van der Waals surface area contributed by atoms with Crippen LogP contribution < -0.4 is 5.73 Å². The Bertz CT molecular complexity index is 1190. The number of rotatable bonds is 5. The summed E-state index contributed by atoms with van der Waals surface area (Å²) in [5.74, 6) is 0.656. The molecule has 2 saturated heterocycles. The van der Waals surface area contributed by atoms with Crippen molar-refractivity contribution in [3.8, 4) is 0 Å². The third kappa shape index (κ3) is 4.39. The molecular weight excluding hydrogens is 572 g/mol. The summed E-state index contributed by atoms with van der Waals surface area (Å²) in [5, 5.41) is 23.4. The predicted octanol–water partition coefficient (Wildman–Crippen LogP) is 3.87. The Morgan fingerprint density at radius 3 is 2.44 bits per heavy atom. The highest BCUT2D eigenvalue weighted by Gasteiger charge is 2.85. The first-order chi connectivity index (χ1) is 20.9. The average Bonchev–Trinajstić information content (AvgIpc) is 3.57. The topological polar surface area (TPSA) is 124 Å². The number of aliphatic hydroxyl groups is 2. The van der Waals surface area contributed by atoms with Crippen molar-refractivity contribution in [2.24, 2.45) is 51.1 Å². The van der Waals surface area contributed by atoms with Crippen LogP contribution in [0.1, 0.15) is 99.8 Å². The number of hydrogen-bond acceptors (Lipinski definition) is 9. The van der Waals surface area contributed by atoms with Crippen molar-refractivity contribution >= 4 is 5.97 Å². The van der Waals surface area contributed by atoms with Crippen LogP contribution in [-0.2, 0) is 23.7 Å². The third-order valence-electron chi connectivity index (χ3n) is 15.1. The summed E-state index contributed by atoms with van der Waals surface area (Å²) in [7, 11) is 2.14. The molecule has 2 spiro atoms. The number of fused-ring (bicyclic) bond motifs is 4. The lowest BCUT2D eigenvalue weighted by atomic mass is 9.43. The number of nitrogens with zero attached hydrogens (tertiary/aromatic N) is 1. The molecule has 2 heterocycles. The zero-order valence-corrected chi connectivity index (χ0v) is 29.0. The van der Waals surface area contributed by atoms with Gasteiger partial charge in [0.1, 0.15) is 0 Å². The zero-order chi connectivity index (χ0) is 32.5. The molecule has 5 saturated carbocycles. The van der Waals surface area contributed by atoms with Crippen LogP contribution in [0.4, 0.5) is 0 Å². The van der Waals surface area contributed by atoms with Gasteiger partial charge in [-0.2, -0.15) is 0 Å². The van der Waals surface area contributed by atoms with Gasteiger partial charge in [0.15, 0.2) is 12.4 Å². The van der Waals surface area contributed by atoms with E-state index in [0.717, 1.165) is 58.2 Å². The van der Waals surface area contributed by atoms with Crippen LogP contribution in [0, 0.1) is 45.3 Å². The van der Waals surface area contributed by atoms with Crippen molar-refractivity contribution < 1.29 is 34.0 Å². The quantitative estimate of drug-likeness (QED) is 0.388. The molecule has 45 heavy (non-hydrogen) atoms. The lowest BCUT2D eigenvalue weighted by Gasteiger charge is -2.63. The molecule has 0 bridgehead atoms. The predicted molar refractivity (Wildman–Crippen MR) is 169 cm³/mol. The smallest absolute Gasteiger partial charge is 0.303 e. The van der Waals surface area contributed by atoms with Crippen molar-refractivity contribution in [2.75, 3.05) is 26.7 Å². The van der Waals surface area contributed by atoms with Crippen molar-refractivity contribution in [3.05, 3.63) is 0 Å². The summed E-state index contributed by atoms with van der Waals surface area (Å²) in [4.78, 5) is 14.3. The van der Waals surface area contributed by atoms with Crippen molar-refractivity contribution in [2.45, 2.75) is 148 Å². The maximum Gasteiger partial charge on any atom is 0.303 e. The second kappa shape index (κ2) is 10.3. The Morgan fingerprint density at radius 2 is 1.78 bits per heavy atom. The normalized spacial score (nSPS) is 52.8. The van der Waals surface area contributed by atoms with E-state index in [-0.39, 0.29) is 51.8 Å². The summed E-state index contributed by atoms with van der Waals surface area (Å²) in [6.45, 7) is 16.6. The number of nitrogens with two attached hydrogens (primary N) is 1. The SMILES string of the molecule is CC(=O)O[C@@H](C1C[C@@H](C)[C@H]2C(O1)[C@H](O)[C@@]1(N)C3CC[C@H]4C(C)(C)[C@@H](O[C@H]5CN(C)CCO5)CC[C@@]45C[C@@]35CC[C@]21C)C(C)(C)O. The first kappa shape index (κ1) is 32.7. The number of ether oxygens (including phenoxy) is 4. The monoisotopic (exact) mass is 632 g/mol. The van der Waals surface area contributed by atoms with Gasteiger partial charge in [0.05, 0.1) is 42.2 Å². The van der Waals surface area contributed by atoms with Crippen LogP contribution in [0.3, 0.4) is 0 Å². The number of aliphatic hydroxyl groups excluding tert-OH is 1. The molecule has 7 fully saturated rings. The molecule has 9 nitrogen and oxygen atoms in total. The highest BCUT2D eigenvalue weighted by molar-refractivity contribution is 5.66. The number of carbonyl (C=O) groups excluding carboxylic acids is 1. The van der Waals surface area contributed by atoms with E-state index >= 15 is 0 Å². The first-order valence-electron chi connectivity index (χ1n) is 17.9. The van der Waals surface area contributed by atoms with Crippen LogP contribution in [0.15, 0.2) is 0 Å². The Hall–Kier alpha value is -0.810. The lowest BCUT2D eigenvalue weighted by Crippen LogP contribution is -2.70. The van der Waals surface area contributed by atoms with Crippen LogP contribution in [-0.4, -0.2) is 95.8 Å². The third-order valence-corrected chi connectivity index (χ3v) is 15.1. The van der Waals surface area contributed by atoms with Crippen LogP contribution in [0.25, 0.3) is 0 Å². The molecule has 7 rings (SSSR count). The van der Waals surface area contributed by atoms with E-state index in [2.05, 4.69) is 39.6 Å². The van der Waals surface area contributed by atoms with Gasteiger partial charge in [-0.3, -0.25) is 9.69 Å². The van der Waals surface area contributed by atoms with E-state index in [1.54, 1.807) is 13.8 Å². The molecule has 0 aromatic carbocycles. The van der Waals surface area contributed by atoms with E-state index in [9.17, 15) is 15.0 Å². The summed E-state index contributed by atoms with van der Waals surface area (Å²) < 4.78 is 25.2. The van der Waals surface area contributed by atoms with Crippen molar-refractivity contribution in [1.82, 2.24) is 4.90 Å². The van der Waals surface area contributed by atoms with Gasteiger partial charge in [-0.05, 0) is 118 Å².